The van der Waals surface area contributed by atoms with E-state index in [0.717, 1.165) is 11.1 Å². The van der Waals surface area contributed by atoms with E-state index in [1.807, 2.05) is 52.0 Å². The minimum absolute atomic E-state index is 0.0828. The van der Waals surface area contributed by atoms with Crippen LogP contribution in [0.4, 0.5) is 0 Å². The molecule has 4 nitrogen and oxygen atoms in total. The molecule has 0 radical (unpaired) electrons. The molecule has 1 fully saturated rings. The van der Waals surface area contributed by atoms with E-state index in [1.165, 1.54) is 6.08 Å². The molecule has 1 aliphatic heterocycles. The fraction of sp³-hybridized carbons (Fsp3) is 0.412. The topological polar surface area (TPSA) is 52.6 Å². The minimum atomic E-state index is -1.26. The number of hydrogen-bond donors (Lipinski definition) is 0. The van der Waals surface area contributed by atoms with Gasteiger partial charge in [-0.3, -0.25) is 0 Å². The van der Waals surface area contributed by atoms with Crippen LogP contribution in [0.2, 0.25) is 0 Å². The van der Waals surface area contributed by atoms with Gasteiger partial charge in [-0.05, 0) is 18.6 Å². The Hall–Kier alpha value is -2.10. The highest BCUT2D eigenvalue weighted by atomic mass is 16.7. The Morgan fingerprint density at radius 1 is 1.00 bits per heavy atom. The average Bonchev–Trinajstić information content (AvgIpc) is 2.34. The van der Waals surface area contributed by atoms with Gasteiger partial charge in [0.15, 0.2) is 0 Å². The average molecular weight is 288 g/mol. The summed E-state index contributed by atoms with van der Waals surface area (Å²) < 4.78 is 10.7. The third kappa shape index (κ3) is 2.99. The maximum atomic E-state index is 12.1. The summed E-state index contributed by atoms with van der Waals surface area (Å²) in [5.74, 6) is -2.56. The molecule has 1 aliphatic rings. The normalized spacial score (nSPS) is 22.6. The van der Waals surface area contributed by atoms with Crippen molar-refractivity contribution in [1.29, 1.82) is 0 Å². The number of rotatable bonds is 1. The molecule has 0 aliphatic carbocycles. The first-order chi connectivity index (χ1) is 9.62. The highest BCUT2D eigenvalue weighted by Gasteiger charge is 2.50. The predicted octanol–water partition coefficient (Wildman–Crippen LogP) is 3.24. The second-order valence-electron chi connectivity index (χ2n) is 6.44. The molecule has 112 valence electrons. The maximum absolute atomic E-state index is 12.1. The number of hydrogen-bond acceptors (Lipinski definition) is 4. The van der Waals surface area contributed by atoms with E-state index >= 15 is 0 Å². The molecule has 4 heteroatoms. The highest BCUT2D eigenvalue weighted by Crippen LogP contribution is 2.38. The summed E-state index contributed by atoms with van der Waals surface area (Å²) in [6.45, 7) is 9.12. The van der Waals surface area contributed by atoms with Crippen molar-refractivity contribution in [2.24, 2.45) is 5.41 Å². The Bertz CT molecular complexity index is 583. The van der Waals surface area contributed by atoms with Crippen LogP contribution in [0.15, 0.2) is 29.8 Å². The summed E-state index contributed by atoms with van der Waals surface area (Å²) in [6, 6.07) is 7.48. The lowest BCUT2D eigenvalue weighted by molar-refractivity contribution is -0.261. The molecule has 0 N–H and O–H groups in total. The van der Waals surface area contributed by atoms with Crippen LogP contribution in [-0.2, 0) is 19.1 Å². The van der Waals surface area contributed by atoms with Crippen LogP contribution in [0, 0.1) is 12.3 Å². The minimum Gasteiger partial charge on any atom is -0.418 e. The van der Waals surface area contributed by atoms with Gasteiger partial charge in [0.25, 0.3) is 5.79 Å². The van der Waals surface area contributed by atoms with E-state index in [9.17, 15) is 9.59 Å². The van der Waals surface area contributed by atoms with Gasteiger partial charge in [-0.15, -0.1) is 0 Å². The largest absolute Gasteiger partial charge is 0.418 e. The number of ether oxygens (including phenoxy) is 2. The van der Waals surface area contributed by atoms with Gasteiger partial charge < -0.3 is 9.47 Å². The summed E-state index contributed by atoms with van der Waals surface area (Å²) >= 11 is 0. The first-order valence-electron chi connectivity index (χ1n) is 6.87. The molecule has 2 rings (SSSR count). The molecule has 1 aromatic carbocycles. The molecule has 0 spiro atoms. The summed E-state index contributed by atoms with van der Waals surface area (Å²) in [7, 11) is 0. The first-order valence-corrected chi connectivity index (χ1v) is 6.87. The van der Waals surface area contributed by atoms with Gasteiger partial charge in [0.2, 0.25) is 0 Å². The fourth-order valence-electron chi connectivity index (χ4n) is 1.82. The van der Waals surface area contributed by atoms with Gasteiger partial charge in [0.1, 0.15) is 5.57 Å². The van der Waals surface area contributed by atoms with E-state index < -0.39 is 23.1 Å². The number of esters is 2. The van der Waals surface area contributed by atoms with Crippen molar-refractivity contribution in [2.45, 2.75) is 40.4 Å². The first kappa shape index (κ1) is 15.3. The van der Waals surface area contributed by atoms with Gasteiger partial charge in [0.05, 0.1) is 0 Å². The van der Waals surface area contributed by atoms with Crippen LogP contribution in [-0.4, -0.2) is 17.7 Å². The molecule has 0 aromatic heterocycles. The standard InChI is InChI=1S/C17H20O4/c1-11-6-8-12(9-7-11)10-13-14(18)20-17(5,16(2,3)4)21-15(13)19/h6-10H,1-5H3. The second kappa shape index (κ2) is 5.02. The Balaban J connectivity index is 2.31. The van der Waals surface area contributed by atoms with Crippen molar-refractivity contribution in [2.75, 3.05) is 0 Å². The highest BCUT2D eigenvalue weighted by molar-refractivity contribution is 6.18. The number of aryl methyl sites for hydroxylation is 1. The van der Waals surface area contributed by atoms with E-state index in [1.54, 1.807) is 6.92 Å². The number of cyclic esters (lactones) is 2. The Morgan fingerprint density at radius 2 is 1.48 bits per heavy atom. The summed E-state index contributed by atoms with van der Waals surface area (Å²) in [5, 5.41) is 0. The maximum Gasteiger partial charge on any atom is 0.348 e. The number of benzene rings is 1. The molecule has 0 atom stereocenters. The quantitative estimate of drug-likeness (QED) is 0.452. The van der Waals surface area contributed by atoms with Crippen LogP contribution in [0.5, 0.6) is 0 Å². The summed E-state index contributed by atoms with van der Waals surface area (Å²) in [6.07, 6.45) is 1.49. The van der Waals surface area contributed by atoms with E-state index in [0.29, 0.717) is 0 Å². The smallest absolute Gasteiger partial charge is 0.348 e. The third-order valence-corrected chi connectivity index (χ3v) is 3.77. The van der Waals surface area contributed by atoms with Gasteiger partial charge in [0, 0.05) is 12.3 Å². The molecule has 1 aromatic rings. The van der Waals surface area contributed by atoms with Crippen molar-refractivity contribution < 1.29 is 19.1 Å². The molecule has 0 saturated carbocycles. The molecule has 1 saturated heterocycles. The lowest BCUT2D eigenvalue weighted by Gasteiger charge is -2.42. The fourth-order valence-corrected chi connectivity index (χ4v) is 1.82. The Morgan fingerprint density at radius 3 is 1.90 bits per heavy atom. The zero-order valence-electron chi connectivity index (χ0n) is 13.0. The molecule has 1 heterocycles. The zero-order chi connectivity index (χ0) is 15.8. The summed E-state index contributed by atoms with van der Waals surface area (Å²) in [4.78, 5) is 24.3. The van der Waals surface area contributed by atoms with Gasteiger partial charge in [-0.2, -0.15) is 0 Å². The lowest BCUT2D eigenvalue weighted by Crippen LogP contribution is -2.52. The van der Waals surface area contributed by atoms with Crippen molar-refractivity contribution in [1.82, 2.24) is 0 Å². The van der Waals surface area contributed by atoms with Crippen LogP contribution >= 0.6 is 0 Å². The molecule has 0 unspecified atom stereocenters. The van der Waals surface area contributed by atoms with Crippen molar-refractivity contribution in [3.05, 3.63) is 41.0 Å². The van der Waals surface area contributed by atoms with E-state index in [2.05, 4.69) is 0 Å². The van der Waals surface area contributed by atoms with Crippen molar-refractivity contribution in [3.8, 4) is 0 Å². The van der Waals surface area contributed by atoms with Gasteiger partial charge in [-0.1, -0.05) is 50.6 Å². The van der Waals surface area contributed by atoms with Crippen LogP contribution in [0.1, 0.15) is 38.8 Å². The zero-order valence-corrected chi connectivity index (χ0v) is 13.0. The Kier molecular flexibility index (Phi) is 3.66. The van der Waals surface area contributed by atoms with Gasteiger partial charge >= 0.3 is 11.9 Å². The van der Waals surface area contributed by atoms with Crippen LogP contribution < -0.4 is 0 Å². The molecular formula is C17H20O4. The molecular weight excluding hydrogens is 268 g/mol. The van der Waals surface area contributed by atoms with Crippen LogP contribution in [0.3, 0.4) is 0 Å². The van der Waals surface area contributed by atoms with Crippen molar-refractivity contribution in [3.63, 3.8) is 0 Å². The second-order valence-corrected chi connectivity index (χ2v) is 6.44. The van der Waals surface area contributed by atoms with E-state index in [-0.39, 0.29) is 5.57 Å². The van der Waals surface area contributed by atoms with Crippen molar-refractivity contribution >= 4 is 18.0 Å². The van der Waals surface area contributed by atoms with E-state index in [4.69, 9.17) is 9.47 Å². The van der Waals surface area contributed by atoms with Crippen LogP contribution in [0.25, 0.3) is 6.08 Å². The SMILES string of the molecule is Cc1ccc(C=C2C(=O)OC(C)(C(C)(C)C)OC2=O)cc1. The monoisotopic (exact) mass is 288 g/mol. The third-order valence-electron chi connectivity index (χ3n) is 3.77. The van der Waals surface area contributed by atoms with Gasteiger partial charge in [-0.25, -0.2) is 9.59 Å². The number of carbonyl (C=O) groups excluding carboxylic acids is 2. The lowest BCUT2D eigenvalue weighted by atomic mass is 9.85. The Labute approximate surface area is 124 Å². The molecule has 0 bridgehead atoms. The molecule has 0 amide bonds. The predicted molar refractivity (Wildman–Crippen MR) is 79.2 cm³/mol. The molecule has 21 heavy (non-hydrogen) atoms. The summed E-state index contributed by atoms with van der Waals surface area (Å²) in [5.41, 5.74) is 1.27. The number of carbonyl (C=O) groups is 2.